The van der Waals surface area contributed by atoms with Gasteiger partial charge in [0.25, 0.3) is 0 Å². The van der Waals surface area contributed by atoms with Gasteiger partial charge in [-0.1, -0.05) is 65.7 Å². The Balaban J connectivity index is 0.000000171. The van der Waals surface area contributed by atoms with Crippen molar-refractivity contribution in [3.05, 3.63) is 119 Å². The Labute approximate surface area is 179 Å². The van der Waals surface area contributed by atoms with E-state index < -0.39 is 0 Å². The maximum absolute atomic E-state index is 5.76. The predicted molar refractivity (Wildman–Crippen MR) is 125 cm³/mol. The topological polar surface area (TPSA) is 18.5 Å². The lowest BCUT2D eigenvalue weighted by atomic mass is 10.2. The second-order valence-electron chi connectivity index (χ2n) is 7.41. The highest BCUT2D eigenvalue weighted by Gasteiger charge is 1.99. The Morgan fingerprint density at radius 3 is 1.57 bits per heavy atom. The Hall–Kier alpha value is -3.52. The molecule has 2 nitrogen and oxygen atoms in total. The lowest BCUT2D eigenvalue weighted by molar-refractivity contribution is 0.479. The van der Waals surface area contributed by atoms with Gasteiger partial charge in [-0.05, 0) is 81.3 Å². The van der Waals surface area contributed by atoms with Crippen LogP contribution in [-0.2, 0) is 0 Å². The Morgan fingerprint density at radius 2 is 1.00 bits per heavy atom. The molecule has 4 rings (SSSR count). The molecule has 0 atom stereocenters. The number of hydrogen-bond acceptors (Lipinski definition) is 2. The fourth-order valence-corrected chi connectivity index (χ4v) is 2.83. The van der Waals surface area contributed by atoms with Crippen LogP contribution in [0.2, 0.25) is 0 Å². The Bertz CT molecular complexity index is 1060. The average Bonchev–Trinajstić information content (AvgIpc) is 2.74. The first-order valence-electron chi connectivity index (χ1n) is 10.1. The van der Waals surface area contributed by atoms with Crippen LogP contribution in [0.15, 0.2) is 97.1 Å². The van der Waals surface area contributed by atoms with Crippen molar-refractivity contribution in [1.29, 1.82) is 0 Å². The first-order valence-corrected chi connectivity index (χ1v) is 10.1. The molecular formula is C28H28O2. The fraction of sp³-hybridized carbons (Fsp3) is 0.143. The van der Waals surface area contributed by atoms with Crippen molar-refractivity contribution in [2.75, 3.05) is 0 Å². The molecule has 4 aromatic rings. The van der Waals surface area contributed by atoms with Crippen LogP contribution in [0.5, 0.6) is 23.0 Å². The van der Waals surface area contributed by atoms with Crippen LogP contribution >= 0.6 is 0 Å². The molecule has 152 valence electrons. The predicted octanol–water partition coefficient (Wildman–Crippen LogP) is 8.19. The van der Waals surface area contributed by atoms with E-state index in [1.165, 1.54) is 16.7 Å². The molecule has 4 aromatic carbocycles. The third-order valence-corrected chi connectivity index (χ3v) is 4.59. The Morgan fingerprint density at radius 1 is 0.433 bits per heavy atom. The number of rotatable bonds is 4. The molecule has 0 bridgehead atoms. The van der Waals surface area contributed by atoms with E-state index >= 15 is 0 Å². The van der Waals surface area contributed by atoms with Gasteiger partial charge in [0.15, 0.2) is 0 Å². The lowest BCUT2D eigenvalue weighted by Crippen LogP contribution is -1.86. The van der Waals surface area contributed by atoms with Crippen molar-refractivity contribution < 1.29 is 9.47 Å². The standard InChI is InChI=1S/2C14H14O/c1-11-6-8-13(9-7-11)15-14-5-3-4-12(2)10-14;1-11-7-9-13(10-8-11)15-14-6-4-3-5-12(14)2/h2*3-10H,1-2H3. The summed E-state index contributed by atoms with van der Waals surface area (Å²) in [6, 6.07) is 32.2. The molecule has 0 aliphatic carbocycles. The zero-order chi connectivity index (χ0) is 21.3. The molecule has 30 heavy (non-hydrogen) atoms. The largest absolute Gasteiger partial charge is 0.457 e. The molecule has 0 heterocycles. The first-order chi connectivity index (χ1) is 14.5. The summed E-state index contributed by atoms with van der Waals surface area (Å²) in [5.41, 5.74) is 4.84. The molecule has 0 unspecified atom stereocenters. The van der Waals surface area contributed by atoms with Crippen molar-refractivity contribution in [1.82, 2.24) is 0 Å². The number of benzene rings is 4. The van der Waals surface area contributed by atoms with Crippen molar-refractivity contribution in [3.8, 4) is 23.0 Å². The van der Waals surface area contributed by atoms with Crippen LogP contribution in [0.3, 0.4) is 0 Å². The fourth-order valence-electron chi connectivity index (χ4n) is 2.83. The summed E-state index contributed by atoms with van der Waals surface area (Å²) in [6.45, 7) is 8.24. The summed E-state index contributed by atoms with van der Waals surface area (Å²) in [5.74, 6) is 3.57. The van der Waals surface area contributed by atoms with Crippen LogP contribution < -0.4 is 9.47 Å². The number of ether oxygens (including phenoxy) is 2. The normalized spacial score (nSPS) is 10.0. The minimum absolute atomic E-state index is 0.881. The van der Waals surface area contributed by atoms with Crippen LogP contribution in [0.4, 0.5) is 0 Å². The molecule has 0 fully saturated rings. The molecule has 0 spiro atoms. The highest BCUT2D eigenvalue weighted by atomic mass is 16.5. The SMILES string of the molecule is Cc1ccc(Oc2cccc(C)c2)cc1.Cc1ccc(Oc2ccccc2C)cc1. The third kappa shape index (κ3) is 6.52. The van der Waals surface area contributed by atoms with Crippen molar-refractivity contribution in [3.63, 3.8) is 0 Å². The van der Waals surface area contributed by atoms with Gasteiger partial charge in [-0.15, -0.1) is 0 Å². The van der Waals surface area contributed by atoms with Gasteiger partial charge in [-0.2, -0.15) is 0 Å². The summed E-state index contributed by atoms with van der Waals surface area (Å²) in [7, 11) is 0. The summed E-state index contributed by atoms with van der Waals surface area (Å²) >= 11 is 0. The molecule has 0 aliphatic rings. The quantitative estimate of drug-likeness (QED) is 0.346. The molecule has 0 saturated carbocycles. The van der Waals surface area contributed by atoms with Crippen LogP contribution in [0.25, 0.3) is 0 Å². The van der Waals surface area contributed by atoms with Gasteiger partial charge in [0.1, 0.15) is 23.0 Å². The third-order valence-electron chi connectivity index (χ3n) is 4.59. The van der Waals surface area contributed by atoms with Crippen molar-refractivity contribution >= 4 is 0 Å². The monoisotopic (exact) mass is 396 g/mol. The summed E-state index contributed by atoms with van der Waals surface area (Å²) < 4.78 is 11.5. The smallest absolute Gasteiger partial charge is 0.130 e. The van der Waals surface area contributed by atoms with Crippen LogP contribution in [0, 0.1) is 27.7 Å². The van der Waals surface area contributed by atoms with Gasteiger partial charge in [0.05, 0.1) is 0 Å². The number of para-hydroxylation sites is 1. The van der Waals surface area contributed by atoms with Crippen LogP contribution in [-0.4, -0.2) is 0 Å². The van der Waals surface area contributed by atoms with Gasteiger partial charge < -0.3 is 9.47 Å². The first kappa shape index (κ1) is 21.2. The average molecular weight is 397 g/mol. The van der Waals surface area contributed by atoms with E-state index in [1.807, 2.05) is 97.9 Å². The molecule has 0 aliphatic heterocycles. The van der Waals surface area contributed by atoms with E-state index in [0.29, 0.717) is 0 Å². The number of aryl methyl sites for hydroxylation is 4. The van der Waals surface area contributed by atoms with Gasteiger partial charge in [-0.25, -0.2) is 0 Å². The molecule has 0 radical (unpaired) electrons. The van der Waals surface area contributed by atoms with E-state index in [4.69, 9.17) is 9.47 Å². The van der Waals surface area contributed by atoms with E-state index in [1.54, 1.807) is 0 Å². The zero-order valence-corrected chi connectivity index (χ0v) is 18.1. The van der Waals surface area contributed by atoms with E-state index in [9.17, 15) is 0 Å². The zero-order valence-electron chi connectivity index (χ0n) is 18.1. The molecule has 0 saturated heterocycles. The number of hydrogen-bond donors (Lipinski definition) is 0. The summed E-state index contributed by atoms with van der Waals surface area (Å²) in [5, 5.41) is 0. The molecule has 0 aromatic heterocycles. The minimum atomic E-state index is 0.881. The van der Waals surface area contributed by atoms with Gasteiger partial charge >= 0.3 is 0 Å². The minimum Gasteiger partial charge on any atom is -0.457 e. The highest BCUT2D eigenvalue weighted by molar-refractivity contribution is 5.37. The maximum atomic E-state index is 5.76. The molecule has 0 N–H and O–H groups in total. The van der Waals surface area contributed by atoms with Crippen molar-refractivity contribution in [2.24, 2.45) is 0 Å². The second-order valence-corrected chi connectivity index (χ2v) is 7.41. The lowest BCUT2D eigenvalue weighted by Gasteiger charge is -2.08. The summed E-state index contributed by atoms with van der Waals surface area (Å²) in [4.78, 5) is 0. The molecular weight excluding hydrogens is 368 g/mol. The van der Waals surface area contributed by atoms with Crippen LogP contribution in [0.1, 0.15) is 22.3 Å². The Kier molecular flexibility index (Phi) is 7.29. The van der Waals surface area contributed by atoms with E-state index in [2.05, 4.69) is 26.8 Å². The van der Waals surface area contributed by atoms with Crippen molar-refractivity contribution in [2.45, 2.75) is 27.7 Å². The second kappa shape index (κ2) is 10.3. The van der Waals surface area contributed by atoms with Gasteiger partial charge in [0, 0.05) is 0 Å². The molecule has 0 amide bonds. The summed E-state index contributed by atoms with van der Waals surface area (Å²) in [6.07, 6.45) is 0. The highest BCUT2D eigenvalue weighted by Crippen LogP contribution is 2.24. The van der Waals surface area contributed by atoms with E-state index in [-0.39, 0.29) is 0 Å². The van der Waals surface area contributed by atoms with E-state index in [0.717, 1.165) is 28.6 Å². The maximum Gasteiger partial charge on any atom is 0.130 e. The van der Waals surface area contributed by atoms with Gasteiger partial charge in [0.2, 0.25) is 0 Å². The molecule has 2 heteroatoms. The van der Waals surface area contributed by atoms with Gasteiger partial charge in [-0.3, -0.25) is 0 Å².